The Kier molecular flexibility index (Phi) is 8.11. The first-order valence-corrected chi connectivity index (χ1v) is 10.0. The maximum Gasteiger partial charge on any atom is 0.277 e. The predicted molar refractivity (Wildman–Crippen MR) is 120 cm³/mol. The zero-order chi connectivity index (χ0) is 22.3. The number of carbonyl (C=O) groups excluding carboxylic acids is 1. The number of benzene rings is 2. The monoisotopic (exact) mass is 478 g/mol. The van der Waals surface area contributed by atoms with Crippen LogP contribution in [-0.4, -0.2) is 40.1 Å². The second kappa shape index (κ2) is 10.3. The first kappa shape index (κ1) is 23.5. The third-order valence-electron chi connectivity index (χ3n) is 4.25. The summed E-state index contributed by atoms with van der Waals surface area (Å²) in [6.07, 6.45) is 1.48. The number of methoxy groups -OCH3 is 3. The molecule has 0 aliphatic rings. The van der Waals surface area contributed by atoms with Crippen molar-refractivity contribution in [2.75, 3.05) is 27.9 Å². The van der Waals surface area contributed by atoms with Gasteiger partial charge in [0.05, 0.1) is 32.0 Å². The van der Waals surface area contributed by atoms with E-state index in [0.29, 0.717) is 28.6 Å². The summed E-state index contributed by atoms with van der Waals surface area (Å²) >= 11 is 3.49. The summed E-state index contributed by atoms with van der Waals surface area (Å²) in [6.45, 7) is 6.23. The van der Waals surface area contributed by atoms with Crippen LogP contribution in [0.1, 0.15) is 31.9 Å². The van der Waals surface area contributed by atoms with E-state index in [1.807, 2.05) is 18.2 Å². The van der Waals surface area contributed by atoms with Crippen molar-refractivity contribution < 1.29 is 23.7 Å². The van der Waals surface area contributed by atoms with E-state index in [0.717, 1.165) is 4.47 Å². The van der Waals surface area contributed by atoms with Crippen molar-refractivity contribution in [2.24, 2.45) is 5.10 Å². The van der Waals surface area contributed by atoms with Gasteiger partial charge in [0.2, 0.25) is 5.75 Å². The maximum atomic E-state index is 12.1. The molecule has 2 rings (SSSR count). The Hall–Kier alpha value is -2.74. The number of hydrogen-bond donors (Lipinski definition) is 1. The smallest absolute Gasteiger partial charge is 0.277 e. The zero-order valence-electron chi connectivity index (χ0n) is 18.0. The molecule has 0 fully saturated rings. The average molecular weight is 479 g/mol. The van der Waals surface area contributed by atoms with Crippen LogP contribution in [0.4, 0.5) is 0 Å². The summed E-state index contributed by atoms with van der Waals surface area (Å²) in [5.74, 6) is 1.68. The average Bonchev–Trinajstić information content (AvgIpc) is 2.71. The van der Waals surface area contributed by atoms with Crippen LogP contribution in [0.3, 0.4) is 0 Å². The first-order chi connectivity index (χ1) is 14.2. The lowest BCUT2D eigenvalue weighted by Crippen LogP contribution is -2.24. The lowest BCUT2D eigenvalue weighted by molar-refractivity contribution is -0.123. The highest BCUT2D eigenvalue weighted by Gasteiger charge is 2.16. The van der Waals surface area contributed by atoms with Gasteiger partial charge in [0.1, 0.15) is 5.75 Å². The molecule has 0 heterocycles. The van der Waals surface area contributed by atoms with Crippen molar-refractivity contribution in [2.45, 2.75) is 26.2 Å². The van der Waals surface area contributed by atoms with E-state index in [-0.39, 0.29) is 17.9 Å². The van der Waals surface area contributed by atoms with Gasteiger partial charge < -0.3 is 18.9 Å². The molecular formula is C22H27BrN2O5. The van der Waals surface area contributed by atoms with Crippen molar-refractivity contribution >= 4 is 28.1 Å². The van der Waals surface area contributed by atoms with Gasteiger partial charge in [-0.05, 0) is 51.2 Å². The molecular weight excluding hydrogens is 452 g/mol. The lowest BCUT2D eigenvalue weighted by Gasteiger charge is -2.20. The summed E-state index contributed by atoms with van der Waals surface area (Å²) in [7, 11) is 4.59. The van der Waals surface area contributed by atoms with Crippen molar-refractivity contribution in [3.8, 4) is 23.0 Å². The van der Waals surface area contributed by atoms with Gasteiger partial charge in [-0.3, -0.25) is 4.79 Å². The fourth-order valence-corrected chi connectivity index (χ4v) is 3.11. The Balaban J connectivity index is 1.97. The normalized spacial score (nSPS) is 11.3. The highest BCUT2D eigenvalue weighted by atomic mass is 79.9. The minimum Gasteiger partial charge on any atom is -0.493 e. The molecule has 8 heteroatoms. The van der Waals surface area contributed by atoms with Gasteiger partial charge in [-0.25, -0.2) is 5.43 Å². The zero-order valence-corrected chi connectivity index (χ0v) is 19.6. The molecule has 2 aromatic carbocycles. The van der Waals surface area contributed by atoms with Crippen molar-refractivity contribution in [1.29, 1.82) is 0 Å². The molecule has 0 atom stereocenters. The number of nitrogens with zero attached hydrogens (tertiary/aromatic N) is 1. The van der Waals surface area contributed by atoms with Crippen LogP contribution in [0.25, 0.3) is 0 Å². The van der Waals surface area contributed by atoms with Crippen molar-refractivity contribution in [3.63, 3.8) is 0 Å². The first-order valence-electron chi connectivity index (χ1n) is 9.24. The fraction of sp³-hybridized carbons (Fsp3) is 0.364. The quantitative estimate of drug-likeness (QED) is 0.451. The van der Waals surface area contributed by atoms with Crippen LogP contribution in [0.5, 0.6) is 23.0 Å². The molecule has 1 amide bonds. The molecule has 0 radical (unpaired) electrons. The number of carbonyl (C=O) groups is 1. The molecule has 0 spiro atoms. The van der Waals surface area contributed by atoms with Crippen molar-refractivity contribution in [3.05, 3.63) is 45.9 Å². The minimum atomic E-state index is -0.384. The Morgan fingerprint density at radius 2 is 1.67 bits per heavy atom. The van der Waals surface area contributed by atoms with Gasteiger partial charge in [0.25, 0.3) is 5.91 Å². The van der Waals surface area contributed by atoms with Gasteiger partial charge in [0.15, 0.2) is 18.1 Å². The number of rotatable bonds is 8. The van der Waals surface area contributed by atoms with Crippen LogP contribution in [0.15, 0.2) is 39.9 Å². The van der Waals surface area contributed by atoms with Gasteiger partial charge >= 0.3 is 0 Å². The molecule has 0 aliphatic heterocycles. The van der Waals surface area contributed by atoms with Crippen LogP contribution in [0.2, 0.25) is 0 Å². The van der Waals surface area contributed by atoms with E-state index >= 15 is 0 Å². The largest absolute Gasteiger partial charge is 0.493 e. The van der Waals surface area contributed by atoms with E-state index in [1.165, 1.54) is 33.1 Å². The van der Waals surface area contributed by atoms with Crippen LogP contribution in [0, 0.1) is 0 Å². The summed E-state index contributed by atoms with van der Waals surface area (Å²) < 4.78 is 22.3. The van der Waals surface area contributed by atoms with Crippen molar-refractivity contribution in [1.82, 2.24) is 5.43 Å². The van der Waals surface area contributed by atoms with E-state index in [4.69, 9.17) is 18.9 Å². The Morgan fingerprint density at radius 3 is 2.17 bits per heavy atom. The third-order valence-corrected chi connectivity index (χ3v) is 4.87. The molecule has 0 aromatic heterocycles. The predicted octanol–water partition coefficient (Wildman–Crippen LogP) is 4.30. The third kappa shape index (κ3) is 6.13. The molecule has 1 N–H and O–H groups in total. The summed E-state index contributed by atoms with van der Waals surface area (Å²) in [5, 5.41) is 3.96. The van der Waals surface area contributed by atoms with Gasteiger partial charge in [0, 0.05) is 5.56 Å². The second-order valence-electron chi connectivity index (χ2n) is 7.44. The minimum absolute atomic E-state index is 0.0277. The second-order valence-corrected chi connectivity index (χ2v) is 8.29. The van der Waals surface area contributed by atoms with E-state index < -0.39 is 0 Å². The molecule has 162 valence electrons. The summed E-state index contributed by atoms with van der Waals surface area (Å²) in [6, 6.07) is 9.27. The SMILES string of the molecule is COc1cc(/C=N/NC(=O)COc2ccc(C(C)(C)C)cc2Br)cc(OC)c1OC. The topological polar surface area (TPSA) is 78.4 Å². The van der Waals surface area contributed by atoms with Gasteiger partial charge in [-0.1, -0.05) is 26.8 Å². The van der Waals surface area contributed by atoms with E-state index in [9.17, 15) is 4.79 Å². The number of amides is 1. The molecule has 0 saturated carbocycles. The van der Waals surface area contributed by atoms with Crippen LogP contribution >= 0.6 is 15.9 Å². The number of ether oxygens (including phenoxy) is 4. The molecule has 2 aromatic rings. The number of halogens is 1. The highest BCUT2D eigenvalue weighted by molar-refractivity contribution is 9.10. The van der Waals surface area contributed by atoms with Crippen LogP contribution in [-0.2, 0) is 10.2 Å². The Bertz CT molecular complexity index is 897. The Morgan fingerprint density at radius 1 is 1.03 bits per heavy atom. The molecule has 0 aliphatic carbocycles. The van der Waals surface area contributed by atoms with E-state index in [1.54, 1.807) is 12.1 Å². The molecule has 0 unspecified atom stereocenters. The molecule has 0 saturated heterocycles. The standard InChI is InChI=1S/C22H27BrN2O5/c1-22(2,3)15-7-8-17(16(23)11-15)30-13-20(26)25-24-12-14-9-18(27-4)21(29-6)19(10-14)28-5/h7-12H,13H2,1-6H3,(H,25,26)/b24-12+. The fourth-order valence-electron chi connectivity index (χ4n) is 2.61. The maximum absolute atomic E-state index is 12.1. The number of hydrazone groups is 1. The molecule has 0 bridgehead atoms. The highest BCUT2D eigenvalue weighted by Crippen LogP contribution is 2.37. The van der Waals surface area contributed by atoms with Gasteiger partial charge in [-0.15, -0.1) is 0 Å². The summed E-state index contributed by atoms with van der Waals surface area (Å²) in [5.41, 5.74) is 4.31. The molecule has 7 nitrogen and oxygen atoms in total. The van der Waals surface area contributed by atoms with E-state index in [2.05, 4.69) is 47.2 Å². The van der Waals surface area contributed by atoms with Gasteiger partial charge in [-0.2, -0.15) is 5.10 Å². The summed E-state index contributed by atoms with van der Waals surface area (Å²) in [4.78, 5) is 12.1. The lowest BCUT2D eigenvalue weighted by atomic mass is 9.87. The molecule has 30 heavy (non-hydrogen) atoms. The number of nitrogens with one attached hydrogen (secondary N) is 1. The Labute approximate surface area is 185 Å². The van der Waals surface area contributed by atoms with Crippen LogP contribution < -0.4 is 24.4 Å². The number of hydrogen-bond acceptors (Lipinski definition) is 6.